The van der Waals surface area contributed by atoms with Gasteiger partial charge >= 0.3 is 11.7 Å². The van der Waals surface area contributed by atoms with Crippen LogP contribution in [0.2, 0.25) is 0 Å². The van der Waals surface area contributed by atoms with Crippen molar-refractivity contribution in [1.82, 2.24) is 19.4 Å². The molecule has 0 radical (unpaired) electrons. The molecule has 4 aromatic rings. The van der Waals surface area contributed by atoms with Crippen LogP contribution in [-0.2, 0) is 19.4 Å². The smallest absolute Gasteiger partial charge is 0.355 e. The third-order valence-corrected chi connectivity index (χ3v) is 10.4. The molecule has 1 aliphatic heterocycles. The molecule has 0 unspecified atom stereocenters. The van der Waals surface area contributed by atoms with Crippen molar-refractivity contribution in [3.8, 4) is 22.7 Å². The van der Waals surface area contributed by atoms with Gasteiger partial charge in [-0.1, -0.05) is 45.0 Å². The number of benzene rings is 2. The van der Waals surface area contributed by atoms with Gasteiger partial charge in [0.25, 0.3) is 0 Å². The highest BCUT2D eigenvalue weighted by molar-refractivity contribution is 7.90. The van der Waals surface area contributed by atoms with Gasteiger partial charge in [-0.25, -0.2) is 31.5 Å². The second kappa shape index (κ2) is 13.4. The zero-order valence-electron chi connectivity index (χ0n) is 28.2. The number of aromatic nitrogens is 3. The molecule has 14 heteroatoms. The topological polar surface area (TPSA) is 132 Å². The van der Waals surface area contributed by atoms with Crippen LogP contribution in [-0.4, -0.2) is 71.7 Å². The summed E-state index contributed by atoms with van der Waals surface area (Å²) in [7, 11) is -3.93. The summed E-state index contributed by atoms with van der Waals surface area (Å²) in [6.07, 6.45) is 4.68. The lowest BCUT2D eigenvalue weighted by atomic mass is 9.79. The molecule has 0 bridgehead atoms. The Bertz CT molecular complexity index is 2220. The molecule has 262 valence electrons. The highest BCUT2D eigenvalue weighted by Gasteiger charge is 2.33. The Morgan fingerprint density at radius 2 is 1.78 bits per heavy atom. The van der Waals surface area contributed by atoms with Gasteiger partial charge in [-0.05, 0) is 61.6 Å². The molecule has 1 atom stereocenters. The normalized spacial score (nSPS) is 16.8. The number of ether oxygens (including phenoxy) is 1. The molecule has 2 aliphatic rings. The predicted molar refractivity (Wildman–Crippen MR) is 184 cm³/mol. The number of carbonyl (C=O) groups is 2. The minimum absolute atomic E-state index is 0.0493. The number of esters is 1. The minimum Gasteiger partial charge on any atom is -0.425 e. The maximum Gasteiger partial charge on any atom is 0.355 e. The van der Waals surface area contributed by atoms with E-state index in [1.807, 2.05) is 6.92 Å². The quantitative estimate of drug-likeness (QED) is 0.138. The zero-order valence-corrected chi connectivity index (χ0v) is 29.0. The highest BCUT2D eigenvalue weighted by atomic mass is 32.2. The molecule has 3 heterocycles. The van der Waals surface area contributed by atoms with Crippen LogP contribution in [0.15, 0.2) is 64.8 Å². The first kappa shape index (κ1) is 34.9. The van der Waals surface area contributed by atoms with E-state index in [1.54, 1.807) is 35.8 Å². The molecule has 2 fully saturated rings. The number of hydrogen-bond donors (Lipinski definition) is 0. The molecule has 1 saturated heterocycles. The van der Waals surface area contributed by atoms with Crippen molar-refractivity contribution in [2.45, 2.75) is 56.9 Å². The van der Waals surface area contributed by atoms with Crippen LogP contribution in [0.25, 0.3) is 28.0 Å². The molecule has 0 N–H and O–H groups in total. The first-order chi connectivity index (χ1) is 23.7. The van der Waals surface area contributed by atoms with Gasteiger partial charge < -0.3 is 14.5 Å². The Labute approximate surface area is 288 Å². The van der Waals surface area contributed by atoms with Crippen LogP contribution in [0.1, 0.15) is 51.5 Å². The SMILES string of the molecule is C=CC(=O)N1CCN(c2nc(=O)n(-c3c(C4CCC4)cccc3S(C)(=O)=O)c3nc(-c4c(F)cccc4OC(=O)C(C)C)c(F)cc23)[C@@H](C)C1. The zero-order chi connectivity index (χ0) is 36.1. The van der Waals surface area contributed by atoms with E-state index in [9.17, 15) is 22.8 Å². The van der Waals surface area contributed by atoms with Crippen molar-refractivity contribution in [1.29, 1.82) is 0 Å². The van der Waals surface area contributed by atoms with Gasteiger partial charge in [0.1, 0.15) is 23.1 Å². The number of amides is 1. The molecule has 0 spiro atoms. The largest absolute Gasteiger partial charge is 0.425 e. The van der Waals surface area contributed by atoms with Gasteiger partial charge in [0.2, 0.25) is 5.91 Å². The molecule has 2 aromatic heterocycles. The lowest BCUT2D eigenvalue weighted by Gasteiger charge is -2.40. The van der Waals surface area contributed by atoms with Crippen LogP contribution in [0, 0.1) is 17.6 Å². The number of pyridine rings is 1. The minimum atomic E-state index is -3.93. The summed E-state index contributed by atoms with van der Waals surface area (Å²) in [5.41, 5.74) is -1.41. The lowest BCUT2D eigenvalue weighted by Crippen LogP contribution is -2.54. The van der Waals surface area contributed by atoms with Crippen molar-refractivity contribution >= 4 is 38.6 Å². The summed E-state index contributed by atoms with van der Waals surface area (Å²) in [5, 5.41) is 0.0566. The van der Waals surface area contributed by atoms with Crippen molar-refractivity contribution in [2.75, 3.05) is 30.8 Å². The fourth-order valence-corrected chi connectivity index (χ4v) is 7.36. The Balaban J connectivity index is 1.68. The number of sulfone groups is 1. The molecular weight excluding hydrogens is 668 g/mol. The Morgan fingerprint density at radius 1 is 1.06 bits per heavy atom. The molecular formula is C36H37F2N5O6S. The number of para-hydroxylation sites is 1. The van der Waals surface area contributed by atoms with Crippen LogP contribution < -0.4 is 15.3 Å². The standard InChI is InChI=1S/C36H37F2N5O6S/c1-6-29(44)41-16-17-42(21(4)19-41)33-24-18-26(38)31(30-25(37)13-9-14-27(30)49-35(45)20(2)3)39-34(24)43(36(46)40-33)32-23(22-10-7-11-22)12-8-15-28(32)50(5,47)48/h6,8-9,12-15,18,20-22H,1,7,10-11,16-17,19H2,2-5H3/t21-/m0/s1. The third kappa shape index (κ3) is 6.28. The second-order valence-electron chi connectivity index (χ2n) is 13.1. The van der Waals surface area contributed by atoms with E-state index in [4.69, 9.17) is 4.74 Å². The van der Waals surface area contributed by atoms with Crippen LogP contribution in [0.3, 0.4) is 0 Å². The van der Waals surface area contributed by atoms with Gasteiger partial charge in [-0.2, -0.15) is 4.98 Å². The Kier molecular flexibility index (Phi) is 9.33. The fourth-order valence-electron chi connectivity index (χ4n) is 6.47. The van der Waals surface area contributed by atoms with E-state index in [1.165, 1.54) is 24.3 Å². The number of rotatable bonds is 8. The maximum absolute atomic E-state index is 16.4. The number of hydrogen-bond acceptors (Lipinski definition) is 9. The average Bonchev–Trinajstić information content (AvgIpc) is 3.03. The maximum atomic E-state index is 16.4. The van der Waals surface area contributed by atoms with Gasteiger partial charge in [0, 0.05) is 31.9 Å². The number of anilines is 1. The first-order valence-corrected chi connectivity index (χ1v) is 18.3. The second-order valence-corrected chi connectivity index (χ2v) is 15.0. The van der Waals surface area contributed by atoms with Crippen LogP contribution >= 0.6 is 0 Å². The van der Waals surface area contributed by atoms with Crippen molar-refractivity contribution in [2.24, 2.45) is 5.92 Å². The number of fused-ring (bicyclic) bond motifs is 1. The highest BCUT2D eigenvalue weighted by Crippen LogP contribution is 2.42. The van der Waals surface area contributed by atoms with E-state index in [-0.39, 0.29) is 70.7 Å². The van der Waals surface area contributed by atoms with E-state index >= 15 is 8.78 Å². The van der Waals surface area contributed by atoms with Gasteiger partial charge in [0.15, 0.2) is 21.3 Å². The van der Waals surface area contributed by atoms with E-state index in [2.05, 4.69) is 16.5 Å². The number of nitrogens with zero attached hydrogens (tertiary/aromatic N) is 5. The molecule has 50 heavy (non-hydrogen) atoms. The van der Waals surface area contributed by atoms with E-state index < -0.39 is 50.3 Å². The number of piperazine rings is 1. The average molecular weight is 706 g/mol. The summed E-state index contributed by atoms with van der Waals surface area (Å²) >= 11 is 0. The van der Waals surface area contributed by atoms with Gasteiger partial charge in [0.05, 0.1) is 27.5 Å². The van der Waals surface area contributed by atoms with E-state index in [0.29, 0.717) is 5.56 Å². The Morgan fingerprint density at radius 3 is 2.40 bits per heavy atom. The lowest BCUT2D eigenvalue weighted by molar-refractivity contribution is -0.137. The summed E-state index contributed by atoms with van der Waals surface area (Å²) < 4.78 is 65.1. The first-order valence-electron chi connectivity index (χ1n) is 16.4. The summed E-state index contributed by atoms with van der Waals surface area (Å²) in [4.78, 5) is 51.5. The van der Waals surface area contributed by atoms with Gasteiger partial charge in [-0.15, -0.1) is 0 Å². The molecule has 1 saturated carbocycles. The van der Waals surface area contributed by atoms with Crippen LogP contribution in [0.4, 0.5) is 14.6 Å². The predicted octanol–water partition coefficient (Wildman–Crippen LogP) is 5.18. The third-order valence-electron chi connectivity index (χ3n) is 9.28. The van der Waals surface area contributed by atoms with E-state index in [0.717, 1.165) is 42.2 Å². The number of carbonyl (C=O) groups excluding carboxylic acids is 2. The summed E-state index contributed by atoms with van der Waals surface area (Å²) in [6, 6.07) is 9.14. The molecule has 6 rings (SSSR count). The van der Waals surface area contributed by atoms with Crippen molar-refractivity contribution in [3.05, 3.63) is 82.8 Å². The summed E-state index contributed by atoms with van der Waals surface area (Å²) in [5.74, 6) is -3.73. The molecule has 1 amide bonds. The monoisotopic (exact) mass is 705 g/mol. The summed E-state index contributed by atoms with van der Waals surface area (Å²) in [6.45, 7) is 9.31. The molecule has 11 nitrogen and oxygen atoms in total. The van der Waals surface area contributed by atoms with Crippen molar-refractivity contribution in [3.63, 3.8) is 0 Å². The molecule has 1 aliphatic carbocycles. The van der Waals surface area contributed by atoms with Crippen molar-refractivity contribution < 1.29 is 31.5 Å². The fraction of sp³-hybridized carbons (Fsp3) is 0.361. The number of halogens is 2. The van der Waals surface area contributed by atoms with Crippen LogP contribution in [0.5, 0.6) is 5.75 Å². The Hall–Kier alpha value is -4.98. The van der Waals surface area contributed by atoms with Gasteiger partial charge in [-0.3, -0.25) is 9.59 Å². The molecule has 2 aromatic carbocycles.